The fraction of sp³-hybridized carbons (Fsp3) is 0.385. The Morgan fingerprint density at radius 3 is 2.44 bits per heavy atom. The molecule has 0 bridgehead atoms. The van der Waals surface area contributed by atoms with E-state index in [4.69, 9.17) is 0 Å². The lowest BCUT2D eigenvalue weighted by Crippen LogP contribution is -2.38. The highest BCUT2D eigenvalue weighted by Gasteiger charge is 2.22. The average Bonchev–Trinajstić information content (AvgIpc) is 2.93. The highest BCUT2D eigenvalue weighted by molar-refractivity contribution is 7.19. The average molecular weight is 450 g/mol. The summed E-state index contributed by atoms with van der Waals surface area (Å²) in [7, 11) is 0. The van der Waals surface area contributed by atoms with Crippen molar-refractivity contribution in [2.24, 2.45) is 0 Å². The Balaban J connectivity index is 1.33. The maximum Gasteiger partial charge on any atom is 0.238 e. The molecule has 0 aliphatic carbocycles. The minimum atomic E-state index is 0.00285. The maximum atomic E-state index is 13.0. The molecular formula is C26H31N3O2S. The monoisotopic (exact) mass is 449 g/mol. The molecule has 0 saturated carbocycles. The van der Waals surface area contributed by atoms with Crippen molar-refractivity contribution in [2.45, 2.75) is 33.6 Å². The molecule has 0 unspecified atom stereocenters. The Hall–Kier alpha value is -2.70. The quantitative estimate of drug-likeness (QED) is 0.622. The fourth-order valence-corrected chi connectivity index (χ4v) is 5.62. The van der Waals surface area contributed by atoms with E-state index in [1.165, 1.54) is 15.6 Å². The number of nitrogens with one attached hydrogen (secondary N) is 1. The number of fused-ring (bicyclic) bond motifs is 1. The van der Waals surface area contributed by atoms with Crippen LogP contribution in [0.15, 0.2) is 42.5 Å². The van der Waals surface area contributed by atoms with E-state index in [-0.39, 0.29) is 11.8 Å². The van der Waals surface area contributed by atoms with Crippen LogP contribution in [0.4, 0.5) is 5.69 Å². The topological polar surface area (TPSA) is 52.7 Å². The molecule has 1 aliphatic heterocycles. The molecule has 4 rings (SSSR count). The third-order valence-corrected chi connectivity index (χ3v) is 7.58. The summed E-state index contributed by atoms with van der Waals surface area (Å²) in [5, 5.41) is 4.32. The molecule has 0 radical (unpaired) electrons. The summed E-state index contributed by atoms with van der Waals surface area (Å²) < 4.78 is 1.24. The molecule has 0 spiro atoms. The number of carbonyl (C=O) groups excluding carboxylic acids is 2. The van der Waals surface area contributed by atoms with Gasteiger partial charge in [0.25, 0.3) is 0 Å². The second kappa shape index (κ2) is 9.84. The van der Waals surface area contributed by atoms with Gasteiger partial charge >= 0.3 is 0 Å². The van der Waals surface area contributed by atoms with Crippen LogP contribution in [0.2, 0.25) is 0 Å². The van der Waals surface area contributed by atoms with Gasteiger partial charge in [-0.2, -0.15) is 0 Å². The van der Waals surface area contributed by atoms with Crippen molar-refractivity contribution in [2.75, 3.05) is 38.0 Å². The van der Waals surface area contributed by atoms with Gasteiger partial charge in [0.15, 0.2) is 0 Å². The first-order valence-corrected chi connectivity index (χ1v) is 12.1. The van der Waals surface area contributed by atoms with Gasteiger partial charge in [0, 0.05) is 41.4 Å². The number of carbonyl (C=O) groups is 2. The molecule has 3 aromatic rings. The largest absolute Gasteiger partial charge is 0.341 e. The van der Waals surface area contributed by atoms with Crippen molar-refractivity contribution in [1.29, 1.82) is 0 Å². The van der Waals surface area contributed by atoms with Gasteiger partial charge in [0.05, 0.1) is 13.0 Å². The van der Waals surface area contributed by atoms with Crippen LogP contribution in [0.3, 0.4) is 0 Å². The predicted octanol–water partition coefficient (Wildman–Crippen LogP) is 4.54. The second-order valence-electron chi connectivity index (χ2n) is 8.65. The molecular weight excluding hydrogens is 418 g/mol. The summed E-state index contributed by atoms with van der Waals surface area (Å²) >= 11 is 1.72. The van der Waals surface area contributed by atoms with Crippen LogP contribution in [-0.4, -0.2) is 54.3 Å². The van der Waals surface area contributed by atoms with E-state index < -0.39 is 0 Å². The molecule has 168 valence electrons. The lowest BCUT2D eigenvalue weighted by atomic mass is 10.1. The molecule has 2 aromatic carbocycles. The summed E-state index contributed by atoms with van der Waals surface area (Å²) in [6, 6.07) is 14.4. The van der Waals surface area contributed by atoms with Crippen LogP contribution < -0.4 is 5.32 Å². The molecule has 32 heavy (non-hydrogen) atoms. The summed E-state index contributed by atoms with van der Waals surface area (Å²) in [6.45, 7) is 9.44. The van der Waals surface area contributed by atoms with Crippen molar-refractivity contribution < 1.29 is 9.59 Å². The zero-order chi connectivity index (χ0) is 22.7. The van der Waals surface area contributed by atoms with Gasteiger partial charge in [0.1, 0.15) is 0 Å². The Kier molecular flexibility index (Phi) is 6.92. The number of hydrogen-bond acceptors (Lipinski definition) is 4. The summed E-state index contributed by atoms with van der Waals surface area (Å²) in [5.41, 5.74) is 4.27. The normalized spacial score (nSPS) is 15.0. The van der Waals surface area contributed by atoms with Gasteiger partial charge in [-0.1, -0.05) is 36.4 Å². The van der Waals surface area contributed by atoms with Gasteiger partial charge < -0.3 is 10.2 Å². The number of nitrogens with zero attached hydrogens (tertiary/aromatic N) is 2. The summed E-state index contributed by atoms with van der Waals surface area (Å²) in [6.07, 6.45) is 1.34. The molecule has 1 aliphatic rings. The number of para-hydroxylation sites is 1. The summed E-state index contributed by atoms with van der Waals surface area (Å²) in [5.74, 6) is 0.185. The standard InChI is InChI=1S/C26H31N3O2S/c1-18-8-6-9-19(2)26(18)27-24(30)17-28-12-7-13-29(15-14-28)25(31)16-23-20(3)21-10-4-5-11-22(21)32-23/h4-6,8-11H,7,12-17H2,1-3H3,(H,27,30). The van der Waals surface area contributed by atoms with Crippen LogP contribution in [0.25, 0.3) is 10.1 Å². The number of amides is 2. The molecule has 6 heteroatoms. The second-order valence-corrected chi connectivity index (χ2v) is 9.79. The van der Waals surface area contributed by atoms with E-state index in [2.05, 4.69) is 29.3 Å². The van der Waals surface area contributed by atoms with Gasteiger partial charge in [-0.15, -0.1) is 11.3 Å². The minimum absolute atomic E-state index is 0.00285. The highest BCUT2D eigenvalue weighted by atomic mass is 32.1. The SMILES string of the molecule is Cc1cccc(C)c1NC(=O)CN1CCCN(C(=O)Cc2sc3ccccc3c2C)CC1. The lowest BCUT2D eigenvalue weighted by Gasteiger charge is -2.22. The van der Waals surface area contributed by atoms with Gasteiger partial charge in [-0.25, -0.2) is 0 Å². The molecule has 1 N–H and O–H groups in total. The van der Waals surface area contributed by atoms with Crippen LogP contribution in [0, 0.1) is 20.8 Å². The van der Waals surface area contributed by atoms with Crippen LogP contribution in [-0.2, 0) is 16.0 Å². The van der Waals surface area contributed by atoms with Crippen molar-refractivity contribution in [1.82, 2.24) is 9.80 Å². The Morgan fingerprint density at radius 2 is 1.69 bits per heavy atom. The smallest absolute Gasteiger partial charge is 0.238 e. The Morgan fingerprint density at radius 1 is 0.938 bits per heavy atom. The first-order chi connectivity index (χ1) is 15.4. The number of rotatable bonds is 5. The molecule has 1 saturated heterocycles. The van der Waals surface area contributed by atoms with Gasteiger partial charge in [-0.3, -0.25) is 14.5 Å². The molecule has 5 nitrogen and oxygen atoms in total. The van der Waals surface area contributed by atoms with Crippen molar-refractivity contribution in [3.63, 3.8) is 0 Å². The number of thiophene rings is 1. The van der Waals surface area contributed by atoms with E-state index in [0.717, 1.165) is 47.7 Å². The van der Waals surface area contributed by atoms with E-state index in [0.29, 0.717) is 19.5 Å². The van der Waals surface area contributed by atoms with Gasteiger partial charge in [-0.05, 0) is 55.3 Å². The van der Waals surface area contributed by atoms with Crippen molar-refractivity contribution in [3.05, 3.63) is 64.0 Å². The fourth-order valence-electron chi connectivity index (χ4n) is 4.41. The summed E-state index contributed by atoms with van der Waals surface area (Å²) in [4.78, 5) is 31.0. The molecule has 2 amide bonds. The van der Waals surface area contributed by atoms with Crippen LogP contribution >= 0.6 is 11.3 Å². The van der Waals surface area contributed by atoms with Crippen LogP contribution in [0.5, 0.6) is 0 Å². The Bertz CT molecular complexity index is 1120. The first-order valence-electron chi connectivity index (χ1n) is 11.3. The number of hydrogen-bond donors (Lipinski definition) is 1. The first kappa shape index (κ1) is 22.5. The zero-order valence-corrected chi connectivity index (χ0v) is 19.9. The van der Waals surface area contributed by atoms with Crippen molar-refractivity contribution in [3.8, 4) is 0 Å². The lowest BCUT2D eigenvalue weighted by molar-refractivity contribution is -0.130. The van der Waals surface area contributed by atoms with E-state index in [1.807, 2.05) is 49.1 Å². The third-order valence-electron chi connectivity index (χ3n) is 6.31. The molecule has 1 aromatic heterocycles. The van der Waals surface area contributed by atoms with E-state index >= 15 is 0 Å². The number of benzene rings is 2. The van der Waals surface area contributed by atoms with E-state index in [1.54, 1.807) is 11.3 Å². The minimum Gasteiger partial charge on any atom is -0.341 e. The molecule has 1 fully saturated rings. The maximum absolute atomic E-state index is 13.0. The van der Waals surface area contributed by atoms with Crippen LogP contribution in [0.1, 0.15) is 28.0 Å². The molecule has 0 atom stereocenters. The zero-order valence-electron chi connectivity index (χ0n) is 19.1. The highest BCUT2D eigenvalue weighted by Crippen LogP contribution is 2.31. The van der Waals surface area contributed by atoms with E-state index in [9.17, 15) is 9.59 Å². The van der Waals surface area contributed by atoms with Gasteiger partial charge in [0.2, 0.25) is 11.8 Å². The van der Waals surface area contributed by atoms with Crippen molar-refractivity contribution >= 4 is 38.9 Å². The number of anilines is 1. The Labute approximate surface area is 194 Å². The predicted molar refractivity (Wildman–Crippen MR) is 132 cm³/mol. The molecule has 2 heterocycles. The number of aryl methyl sites for hydroxylation is 3. The third kappa shape index (κ3) is 5.03.